The van der Waals surface area contributed by atoms with E-state index in [-0.39, 0.29) is 30.4 Å². The van der Waals surface area contributed by atoms with Gasteiger partial charge in [-0.25, -0.2) is 8.42 Å². The SMILES string of the molecule is CCN(CC)S(=O)(=O)c1ccc(N2C[C@H](C(=O)OCc3cccnc3)CC2=O)cc1. The number of pyridine rings is 1. The average Bonchev–Trinajstić information content (AvgIpc) is 3.15. The summed E-state index contributed by atoms with van der Waals surface area (Å²) in [5.74, 6) is -1.19. The van der Waals surface area contributed by atoms with Gasteiger partial charge in [0.05, 0.1) is 10.8 Å². The smallest absolute Gasteiger partial charge is 0.311 e. The fourth-order valence-electron chi connectivity index (χ4n) is 3.38. The van der Waals surface area contributed by atoms with Crippen molar-refractivity contribution >= 4 is 27.6 Å². The maximum absolute atomic E-state index is 12.6. The highest BCUT2D eigenvalue weighted by atomic mass is 32.2. The van der Waals surface area contributed by atoms with Crippen LogP contribution in [0.1, 0.15) is 25.8 Å². The number of rotatable bonds is 8. The van der Waals surface area contributed by atoms with E-state index in [9.17, 15) is 18.0 Å². The Balaban J connectivity index is 1.65. The number of aromatic nitrogens is 1. The van der Waals surface area contributed by atoms with E-state index < -0.39 is 21.9 Å². The van der Waals surface area contributed by atoms with Crippen molar-refractivity contribution in [2.75, 3.05) is 24.5 Å². The first-order chi connectivity index (χ1) is 14.4. The molecule has 1 fully saturated rings. The third kappa shape index (κ3) is 4.68. The maximum atomic E-state index is 12.6. The Morgan fingerprint density at radius 1 is 1.20 bits per heavy atom. The summed E-state index contributed by atoms with van der Waals surface area (Å²) in [5.41, 5.74) is 1.33. The second-order valence-electron chi connectivity index (χ2n) is 6.96. The van der Waals surface area contributed by atoms with Gasteiger partial charge in [-0.3, -0.25) is 14.6 Å². The molecule has 0 spiro atoms. The van der Waals surface area contributed by atoms with Crippen LogP contribution in [0.3, 0.4) is 0 Å². The number of hydrogen-bond acceptors (Lipinski definition) is 6. The number of ether oxygens (including phenoxy) is 1. The van der Waals surface area contributed by atoms with Crippen LogP contribution in [-0.2, 0) is 31.0 Å². The standard InChI is InChI=1S/C21H25N3O5S/c1-3-23(4-2)30(27,28)19-9-7-18(8-10-19)24-14-17(12-20(24)25)21(26)29-15-16-6-5-11-22-13-16/h5-11,13,17H,3-4,12,14-15H2,1-2H3/t17-/m1/s1. The van der Waals surface area contributed by atoms with Crippen molar-refractivity contribution in [2.45, 2.75) is 31.8 Å². The van der Waals surface area contributed by atoms with Crippen LogP contribution in [0.2, 0.25) is 0 Å². The molecule has 2 heterocycles. The van der Waals surface area contributed by atoms with Crippen LogP contribution in [0.25, 0.3) is 0 Å². The molecule has 1 aromatic heterocycles. The normalized spacial score (nSPS) is 16.8. The molecule has 0 bridgehead atoms. The fourth-order valence-corrected chi connectivity index (χ4v) is 4.84. The lowest BCUT2D eigenvalue weighted by Crippen LogP contribution is -2.30. The highest BCUT2D eigenvalue weighted by Crippen LogP contribution is 2.27. The van der Waals surface area contributed by atoms with E-state index in [4.69, 9.17) is 4.74 Å². The quantitative estimate of drug-likeness (QED) is 0.595. The predicted molar refractivity (Wildman–Crippen MR) is 111 cm³/mol. The first kappa shape index (κ1) is 21.9. The minimum Gasteiger partial charge on any atom is -0.460 e. The molecule has 0 radical (unpaired) electrons. The van der Waals surface area contributed by atoms with Gasteiger partial charge in [-0.2, -0.15) is 4.31 Å². The molecule has 3 rings (SSSR count). The van der Waals surface area contributed by atoms with Crippen molar-refractivity contribution in [3.05, 3.63) is 54.4 Å². The number of carbonyl (C=O) groups is 2. The monoisotopic (exact) mass is 431 g/mol. The molecule has 0 N–H and O–H groups in total. The van der Waals surface area contributed by atoms with Gasteiger partial charge in [0.1, 0.15) is 6.61 Å². The summed E-state index contributed by atoms with van der Waals surface area (Å²) in [6.07, 6.45) is 3.32. The Kier molecular flexibility index (Phi) is 6.84. The first-order valence-corrected chi connectivity index (χ1v) is 11.3. The Hall–Kier alpha value is -2.78. The van der Waals surface area contributed by atoms with Crippen molar-refractivity contribution in [1.82, 2.24) is 9.29 Å². The minimum atomic E-state index is -3.56. The maximum Gasteiger partial charge on any atom is 0.311 e. The molecule has 1 saturated heterocycles. The average molecular weight is 432 g/mol. The van der Waals surface area contributed by atoms with Crippen LogP contribution in [-0.4, -0.2) is 49.2 Å². The summed E-state index contributed by atoms with van der Waals surface area (Å²) in [7, 11) is -3.56. The number of benzene rings is 1. The number of carbonyl (C=O) groups excluding carboxylic acids is 2. The molecule has 8 nitrogen and oxygen atoms in total. The van der Waals surface area contributed by atoms with Crippen LogP contribution in [0.15, 0.2) is 53.7 Å². The van der Waals surface area contributed by atoms with Crippen molar-refractivity contribution in [3.63, 3.8) is 0 Å². The fraction of sp³-hybridized carbons (Fsp3) is 0.381. The highest BCUT2D eigenvalue weighted by Gasteiger charge is 2.36. The molecule has 1 aliphatic rings. The number of nitrogens with zero attached hydrogens (tertiary/aromatic N) is 3. The summed E-state index contributed by atoms with van der Waals surface area (Å²) in [6, 6.07) is 9.73. The number of hydrogen-bond donors (Lipinski definition) is 0. The van der Waals surface area contributed by atoms with E-state index in [1.54, 1.807) is 50.5 Å². The number of anilines is 1. The van der Waals surface area contributed by atoms with E-state index in [1.165, 1.54) is 21.3 Å². The molecule has 1 aromatic carbocycles. The highest BCUT2D eigenvalue weighted by molar-refractivity contribution is 7.89. The van der Waals surface area contributed by atoms with E-state index in [2.05, 4.69) is 4.98 Å². The molecule has 1 amide bonds. The lowest BCUT2D eigenvalue weighted by Gasteiger charge is -2.20. The Morgan fingerprint density at radius 3 is 2.50 bits per heavy atom. The van der Waals surface area contributed by atoms with Crippen molar-refractivity contribution < 1.29 is 22.7 Å². The number of sulfonamides is 1. The van der Waals surface area contributed by atoms with Gasteiger partial charge in [0.15, 0.2) is 0 Å². The topological polar surface area (TPSA) is 96.9 Å². The van der Waals surface area contributed by atoms with E-state index in [1.807, 2.05) is 0 Å². The minimum absolute atomic E-state index is 0.0609. The second kappa shape index (κ2) is 9.36. The van der Waals surface area contributed by atoms with Crippen LogP contribution >= 0.6 is 0 Å². The molecule has 1 atom stereocenters. The van der Waals surface area contributed by atoms with Gasteiger partial charge in [-0.15, -0.1) is 0 Å². The largest absolute Gasteiger partial charge is 0.460 e. The Morgan fingerprint density at radius 2 is 1.90 bits per heavy atom. The molecule has 1 aliphatic heterocycles. The summed E-state index contributed by atoms with van der Waals surface area (Å²) < 4.78 is 31.9. The van der Waals surface area contributed by atoms with Gasteiger partial charge in [-0.1, -0.05) is 19.9 Å². The van der Waals surface area contributed by atoms with Gasteiger partial charge >= 0.3 is 5.97 Å². The van der Waals surface area contributed by atoms with Crippen LogP contribution in [0.4, 0.5) is 5.69 Å². The van der Waals surface area contributed by atoms with Crippen molar-refractivity contribution in [1.29, 1.82) is 0 Å². The second-order valence-corrected chi connectivity index (χ2v) is 8.90. The van der Waals surface area contributed by atoms with Gasteiger partial charge in [0.2, 0.25) is 15.9 Å². The van der Waals surface area contributed by atoms with E-state index >= 15 is 0 Å². The molecule has 0 aliphatic carbocycles. The lowest BCUT2D eigenvalue weighted by atomic mass is 10.1. The summed E-state index contributed by atoms with van der Waals surface area (Å²) in [6.45, 7) is 4.64. The van der Waals surface area contributed by atoms with Crippen molar-refractivity contribution in [2.24, 2.45) is 5.92 Å². The van der Waals surface area contributed by atoms with Crippen LogP contribution in [0, 0.1) is 5.92 Å². The van der Waals surface area contributed by atoms with Gasteiger partial charge in [-0.05, 0) is 30.3 Å². The number of amides is 1. The molecule has 2 aromatic rings. The Bertz CT molecular complexity index is 989. The third-order valence-corrected chi connectivity index (χ3v) is 7.12. The summed E-state index contributed by atoms with van der Waals surface area (Å²) in [5, 5.41) is 0. The third-order valence-electron chi connectivity index (χ3n) is 5.05. The Labute approximate surface area is 176 Å². The lowest BCUT2D eigenvalue weighted by molar-refractivity contribution is -0.149. The van der Waals surface area contributed by atoms with Crippen molar-refractivity contribution in [3.8, 4) is 0 Å². The molecule has 160 valence electrons. The summed E-state index contributed by atoms with van der Waals surface area (Å²) in [4.78, 5) is 30.4. The van der Waals surface area contributed by atoms with Gasteiger partial charge in [0.25, 0.3) is 0 Å². The first-order valence-electron chi connectivity index (χ1n) is 9.83. The number of esters is 1. The molecule has 0 saturated carbocycles. The zero-order valence-corrected chi connectivity index (χ0v) is 17.8. The molecule has 30 heavy (non-hydrogen) atoms. The molecular weight excluding hydrogens is 406 g/mol. The predicted octanol–water partition coefficient (Wildman–Crippen LogP) is 2.21. The molecule has 9 heteroatoms. The molecule has 0 unspecified atom stereocenters. The zero-order valence-electron chi connectivity index (χ0n) is 17.0. The zero-order chi connectivity index (χ0) is 21.7. The van der Waals surface area contributed by atoms with E-state index in [0.717, 1.165) is 5.56 Å². The van der Waals surface area contributed by atoms with Crippen LogP contribution < -0.4 is 4.90 Å². The molecular formula is C21H25N3O5S. The van der Waals surface area contributed by atoms with E-state index in [0.29, 0.717) is 18.8 Å². The van der Waals surface area contributed by atoms with Gasteiger partial charge in [0, 0.05) is 49.7 Å². The summed E-state index contributed by atoms with van der Waals surface area (Å²) >= 11 is 0. The van der Waals surface area contributed by atoms with Gasteiger partial charge < -0.3 is 9.64 Å². The van der Waals surface area contributed by atoms with Crippen LogP contribution in [0.5, 0.6) is 0 Å².